The third kappa shape index (κ3) is 2.58. The zero-order valence-electron chi connectivity index (χ0n) is 16.6. The van der Waals surface area contributed by atoms with Crippen LogP contribution in [0, 0.1) is 22.7 Å². The lowest BCUT2D eigenvalue weighted by molar-refractivity contribution is -0.123. The quantitative estimate of drug-likeness (QED) is 0.631. The predicted octanol–water partition coefficient (Wildman–Crippen LogP) is 1.86. The highest BCUT2D eigenvalue weighted by Gasteiger charge is 2.57. The number of hydrogen-bond acceptors (Lipinski definition) is 8. The number of amides is 1. The van der Waals surface area contributed by atoms with Crippen LogP contribution in [0.4, 0.5) is 5.82 Å². The minimum absolute atomic E-state index is 0.137. The minimum atomic E-state index is -0.951. The fourth-order valence-corrected chi connectivity index (χ4v) is 4.12. The van der Waals surface area contributed by atoms with E-state index in [2.05, 4.69) is 21.4 Å². The number of carbonyl (C=O) groups excluding carboxylic acids is 1. The van der Waals surface area contributed by atoms with Gasteiger partial charge in [0.25, 0.3) is 0 Å². The summed E-state index contributed by atoms with van der Waals surface area (Å²) in [6.45, 7) is 0.440. The number of ether oxygens (including phenoxy) is 2. The van der Waals surface area contributed by atoms with Crippen molar-refractivity contribution in [2.45, 2.75) is 19.3 Å². The largest absolute Gasteiger partial charge is 0.480 e. The van der Waals surface area contributed by atoms with E-state index in [-0.39, 0.29) is 17.7 Å². The average molecular weight is 405 g/mol. The molecule has 0 bridgehead atoms. The summed E-state index contributed by atoms with van der Waals surface area (Å²) in [5.41, 5.74) is 0.793. The molecule has 1 amide bonds. The van der Waals surface area contributed by atoms with E-state index in [0.29, 0.717) is 41.4 Å². The van der Waals surface area contributed by atoms with Crippen LogP contribution < -0.4 is 14.4 Å². The molecule has 152 valence electrons. The summed E-state index contributed by atoms with van der Waals surface area (Å²) in [6, 6.07) is 5.78. The van der Waals surface area contributed by atoms with Crippen molar-refractivity contribution >= 4 is 17.2 Å². The zero-order chi connectivity index (χ0) is 20.9. The summed E-state index contributed by atoms with van der Waals surface area (Å²) in [4.78, 5) is 19.7. The van der Waals surface area contributed by atoms with Gasteiger partial charge in [-0.15, -0.1) is 10.2 Å². The van der Waals surface area contributed by atoms with E-state index >= 15 is 0 Å². The van der Waals surface area contributed by atoms with Crippen LogP contribution in [-0.2, 0) is 4.79 Å². The molecule has 0 N–H and O–H groups in total. The number of rotatable bonds is 5. The van der Waals surface area contributed by atoms with Crippen molar-refractivity contribution in [2.24, 2.45) is 11.3 Å². The van der Waals surface area contributed by atoms with Gasteiger partial charge in [0.15, 0.2) is 5.82 Å². The fourth-order valence-electron chi connectivity index (χ4n) is 4.12. The predicted molar refractivity (Wildman–Crippen MR) is 105 cm³/mol. The van der Waals surface area contributed by atoms with Gasteiger partial charge < -0.3 is 9.47 Å². The first-order chi connectivity index (χ1) is 14.6. The molecule has 0 unspecified atom stereocenters. The summed E-state index contributed by atoms with van der Waals surface area (Å²) < 4.78 is 12.2. The van der Waals surface area contributed by atoms with E-state index < -0.39 is 5.41 Å². The number of carbonyl (C=O) groups is 1. The Kier molecular flexibility index (Phi) is 4.06. The molecule has 0 radical (unpaired) electrons. The van der Waals surface area contributed by atoms with Gasteiger partial charge in [0.1, 0.15) is 10.9 Å². The normalized spacial score (nSPS) is 21.1. The number of aromatic nitrogens is 5. The van der Waals surface area contributed by atoms with Crippen molar-refractivity contribution in [3.63, 3.8) is 0 Å². The van der Waals surface area contributed by atoms with Crippen molar-refractivity contribution in [3.8, 4) is 29.1 Å². The van der Waals surface area contributed by atoms with Gasteiger partial charge in [-0.3, -0.25) is 9.69 Å². The second-order valence-corrected chi connectivity index (χ2v) is 7.48. The molecule has 1 atom stereocenters. The van der Waals surface area contributed by atoms with Crippen LogP contribution in [-0.4, -0.2) is 51.5 Å². The van der Waals surface area contributed by atoms with Gasteiger partial charge in [-0.2, -0.15) is 10.4 Å². The molecule has 3 aromatic rings. The van der Waals surface area contributed by atoms with Crippen LogP contribution in [0.25, 0.3) is 16.8 Å². The zero-order valence-corrected chi connectivity index (χ0v) is 16.6. The van der Waals surface area contributed by atoms with Gasteiger partial charge in [0.2, 0.25) is 17.7 Å². The minimum Gasteiger partial charge on any atom is -0.480 e. The average Bonchev–Trinajstić information content (AvgIpc) is 3.43. The van der Waals surface area contributed by atoms with Crippen molar-refractivity contribution < 1.29 is 14.3 Å². The molecule has 10 nitrogen and oxygen atoms in total. The third-order valence-electron chi connectivity index (χ3n) is 5.87. The van der Waals surface area contributed by atoms with E-state index in [1.165, 1.54) is 14.2 Å². The molecule has 30 heavy (non-hydrogen) atoms. The van der Waals surface area contributed by atoms with Crippen LogP contribution in [0.3, 0.4) is 0 Å². The number of anilines is 1. The molecule has 1 saturated heterocycles. The van der Waals surface area contributed by atoms with E-state index in [0.717, 1.165) is 12.8 Å². The maximum Gasteiger partial charge on any atom is 0.249 e. The molecule has 0 spiro atoms. The molecule has 1 saturated carbocycles. The molecule has 1 aliphatic heterocycles. The molecule has 1 aliphatic carbocycles. The number of fused-ring (bicyclic) bond motifs is 1. The number of nitriles is 1. The summed E-state index contributed by atoms with van der Waals surface area (Å²) in [5, 5.41) is 22.1. The maximum atomic E-state index is 13.3. The molecule has 4 heterocycles. The summed E-state index contributed by atoms with van der Waals surface area (Å²) >= 11 is 0. The Hall–Kier alpha value is -3.74. The van der Waals surface area contributed by atoms with E-state index in [9.17, 15) is 10.1 Å². The van der Waals surface area contributed by atoms with Crippen LogP contribution in [0.2, 0.25) is 0 Å². The van der Waals surface area contributed by atoms with Crippen LogP contribution in [0.5, 0.6) is 11.8 Å². The Morgan fingerprint density at radius 2 is 2.10 bits per heavy atom. The van der Waals surface area contributed by atoms with Gasteiger partial charge in [-0.25, -0.2) is 9.50 Å². The van der Waals surface area contributed by atoms with Crippen molar-refractivity contribution in [1.29, 1.82) is 5.26 Å². The highest BCUT2D eigenvalue weighted by Crippen LogP contribution is 2.52. The van der Waals surface area contributed by atoms with Crippen molar-refractivity contribution in [1.82, 2.24) is 24.8 Å². The lowest BCUT2D eigenvalue weighted by atomic mass is 9.83. The number of nitrogens with zero attached hydrogens (tertiary/aromatic N) is 7. The topological polar surface area (TPSA) is 119 Å². The van der Waals surface area contributed by atoms with E-state index in [4.69, 9.17) is 14.5 Å². The third-order valence-corrected chi connectivity index (χ3v) is 5.87. The standard InChI is InChI=1S/C20H19N7O3/c1-29-16-9-13(18(30-2)25-24-16)14-10-27-15(5-7-22-27)17(23-14)26-8-6-20(11-21,19(26)28)12-3-4-12/h5,7,9-10,12H,3-4,6,8H2,1-2H3/t20-/m1/s1. The van der Waals surface area contributed by atoms with Gasteiger partial charge in [0.05, 0.1) is 43.9 Å². The Morgan fingerprint density at radius 3 is 2.80 bits per heavy atom. The maximum absolute atomic E-state index is 13.3. The number of hydrogen-bond donors (Lipinski definition) is 0. The molecular formula is C20H19N7O3. The van der Waals surface area contributed by atoms with E-state index in [1.54, 1.807) is 33.9 Å². The monoisotopic (exact) mass is 405 g/mol. The first-order valence-electron chi connectivity index (χ1n) is 9.65. The Labute approximate surface area is 172 Å². The second kappa shape index (κ2) is 6.66. The highest BCUT2D eigenvalue weighted by atomic mass is 16.5. The van der Waals surface area contributed by atoms with Crippen LogP contribution in [0.1, 0.15) is 19.3 Å². The second-order valence-electron chi connectivity index (χ2n) is 7.48. The molecular weight excluding hydrogens is 386 g/mol. The SMILES string of the molecule is COc1cc(-c2cn3nccc3c(N3CC[C@@](C#N)(C4CC4)C3=O)n2)c(OC)nn1. The smallest absolute Gasteiger partial charge is 0.249 e. The van der Waals surface area contributed by atoms with Crippen molar-refractivity contribution in [3.05, 3.63) is 24.5 Å². The van der Waals surface area contributed by atoms with E-state index in [1.807, 2.05) is 0 Å². The lowest BCUT2D eigenvalue weighted by Gasteiger charge is -2.21. The Morgan fingerprint density at radius 1 is 1.27 bits per heavy atom. The number of methoxy groups -OCH3 is 2. The van der Waals surface area contributed by atoms with Gasteiger partial charge in [-0.1, -0.05) is 0 Å². The highest BCUT2D eigenvalue weighted by molar-refractivity contribution is 6.04. The van der Waals surface area contributed by atoms with Crippen LogP contribution >= 0.6 is 0 Å². The molecule has 5 rings (SSSR count). The summed E-state index contributed by atoms with van der Waals surface area (Å²) in [6.07, 6.45) is 5.72. The molecule has 10 heteroatoms. The lowest BCUT2D eigenvalue weighted by Crippen LogP contribution is -2.36. The van der Waals surface area contributed by atoms with Crippen molar-refractivity contribution in [2.75, 3.05) is 25.7 Å². The van der Waals surface area contributed by atoms with Gasteiger partial charge in [0, 0.05) is 12.6 Å². The molecule has 0 aromatic carbocycles. The Balaban J connectivity index is 1.66. The molecule has 2 aliphatic rings. The summed E-state index contributed by atoms with van der Waals surface area (Å²) in [7, 11) is 2.99. The van der Waals surface area contributed by atoms with Gasteiger partial charge >= 0.3 is 0 Å². The fraction of sp³-hybridized carbons (Fsp3) is 0.400. The summed E-state index contributed by atoms with van der Waals surface area (Å²) in [5.74, 6) is 1.00. The first-order valence-corrected chi connectivity index (χ1v) is 9.65. The Bertz CT molecular complexity index is 1200. The molecule has 2 fully saturated rings. The van der Waals surface area contributed by atoms with Gasteiger partial charge in [-0.05, 0) is 31.2 Å². The first kappa shape index (κ1) is 18.3. The van der Waals surface area contributed by atoms with Crippen LogP contribution in [0.15, 0.2) is 24.5 Å². The molecule has 3 aromatic heterocycles.